The molecule has 1 aromatic heterocycles. The Balaban J connectivity index is 2.50. The van der Waals surface area contributed by atoms with Crippen molar-refractivity contribution in [1.29, 1.82) is 0 Å². The van der Waals surface area contributed by atoms with Gasteiger partial charge in [0.15, 0.2) is 0 Å². The molecule has 0 radical (unpaired) electrons. The largest absolute Gasteiger partial charge is 0.261 e. The molecule has 0 N–H and O–H groups in total. The maximum Gasteiger partial charge on any atom is 0.0375 e. The van der Waals surface area contributed by atoms with Crippen molar-refractivity contribution in [2.24, 2.45) is 0 Å². The van der Waals surface area contributed by atoms with Crippen LogP contribution >= 0.6 is 0 Å². The number of hydrogen-bond donors (Lipinski definition) is 0. The summed E-state index contributed by atoms with van der Waals surface area (Å²) in [6, 6.07) is 2.22. The summed E-state index contributed by atoms with van der Waals surface area (Å²) in [5.41, 5.74) is 4.14. The molecular formula is C10H13N. The smallest absolute Gasteiger partial charge is 0.0375 e. The second kappa shape index (κ2) is 2.33. The van der Waals surface area contributed by atoms with Crippen LogP contribution in [0.15, 0.2) is 12.3 Å². The number of pyridine rings is 1. The Hall–Kier alpha value is -0.850. The minimum atomic E-state index is 0.734. The summed E-state index contributed by atoms with van der Waals surface area (Å²) in [6.45, 7) is 4.34. The third kappa shape index (κ3) is 1.05. The van der Waals surface area contributed by atoms with Gasteiger partial charge < -0.3 is 0 Å². The molecule has 0 fully saturated rings. The fourth-order valence-corrected chi connectivity index (χ4v) is 1.81. The molecule has 1 heteroatoms. The van der Waals surface area contributed by atoms with Gasteiger partial charge in [0.1, 0.15) is 0 Å². The Morgan fingerprint density at radius 1 is 1.55 bits per heavy atom. The fraction of sp³-hybridized carbons (Fsp3) is 0.500. The van der Waals surface area contributed by atoms with Gasteiger partial charge in [-0.15, -0.1) is 0 Å². The van der Waals surface area contributed by atoms with Gasteiger partial charge in [0, 0.05) is 11.9 Å². The van der Waals surface area contributed by atoms with Crippen LogP contribution in [0.2, 0.25) is 0 Å². The van der Waals surface area contributed by atoms with Crippen LogP contribution in [-0.4, -0.2) is 4.98 Å². The number of rotatable bonds is 0. The quantitative estimate of drug-likeness (QED) is 0.549. The zero-order chi connectivity index (χ0) is 7.84. The van der Waals surface area contributed by atoms with E-state index in [1.54, 1.807) is 0 Å². The predicted molar refractivity (Wildman–Crippen MR) is 45.7 cm³/mol. The van der Waals surface area contributed by atoms with Crippen molar-refractivity contribution in [3.63, 3.8) is 0 Å². The molecule has 0 bridgehead atoms. The van der Waals surface area contributed by atoms with Gasteiger partial charge in [0.25, 0.3) is 0 Å². The molecule has 0 saturated carbocycles. The third-order valence-corrected chi connectivity index (χ3v) is 2.54. The lowest BCUT2D eigenvalue weighted by molar-refractivity contribution is 0.745. The van der Waals surface area contributed by atoms with E-state index < -0.39 is 0 Å². The molecule has 0 aromatic carbocycles. The van der Waals surface area contributed by atoms with Crippen LogP contribution in [0, 0.1) is 6.92 Å². The highest BCUT2D eigenvalue weighted by Gasteiger charge is 2.18. The predicted octanol–water partition coefficient (Wildman–Crippen LogP) is 2.44. The average Bonchev–Trinajstić information content (AvgIpc) is 2.32. The molecule has 11 heavy (non-hydrogen) atoms. The molecule has 0 aliphatic heterocycles. The Morgan fingerprint density at radius 3 is 3.18 bits per heavy atom. The number of hydrogen-bond acceptors (Lipinski definition) is 1. The molecular weight excluding hydrogens is 134 g/mol. The monoisotopic (exact) mass is 147 g/mol. The maximum absolute atomic E-state index is 4.30. The highest BCUT2D eigenvalue weighted by atomic mass is 14.7. The molecule has 0 amide bonds. The van der Waals surface area contributed by atoms with Gasteiger partial charge in [-0.2, -0.15) is 0 Å². The summed E-state index contributed by atoms with van der Waals surface area (Å²) in [4.78, 5) is 4.30. The van der Waals surface area contributed by atoms with Crippen molar-refractivity contribution in [1.82, 2.24) is 4.98 Å². The second-order valence-electron chi connectivity index (χ2n) is 3.46. The number of aromatic nitrogens is 1. The lowest BCUT2D eigenvalue weighted by Crippen LogP contribution is -1.89. The van der Waals surface area contributed by atoms with Crippen molar-refractivity contribution in [2.75, 3.05) is 0 Å². The van der Waals surface area contributed by atoms with Crippen LogP contribution in [0.3, 0.4) is 0 Å². The second-order valence-corrected chi connectivity index (χ2v) is 3.46. The average molecular weight is 147 g/mol. The van der Waals surface area contributed by atoms with Crippen molar-refractivity contribution >= 4 is 0 Å². The summed E-state index contributed by atoms with van der Waals surface area (Å²) >= 11 is 0. The number of nitrogens with zero attached hydrogens (tertiary/aromatic N) is 1. The van der Waals surface area contributed by atoms with Gasteiger partial charge >= 0.3 is 0 Å². The molecule has 1 heterocycles. The van der Waals surface area contributed by atoms with E-state index in [-0.39, 0.29) is 0 Å². The van der Waals surface area contributed by atoms with E-state index in [2.05, 4.69) is 24.9 Å². The van der Waals surface area contributed by atoms with Crippen molar-refractivity contribution in [2.45, 2.75) is 32.6 Å². The molecule has 1 nitrogen and oxygen atoms in total. The van der Waals surface area contributed by atoms with Crippen LogP contribution in [0.5, 0.6) is 0 Å². The first-order valence-corrected chi connectivity index (χ1v) is 4.23. The molecule has 1 atom stereocenters. The Kier molecular flexibility index (Phi) is 1.45. The molecule has 0 unspecified atom stereocenters. The van der Waals surface area contributed by atoms with Crippen LogP contribution in [0.25, 0.3) is 0 Å². The first kappa shape index (κ1) is 6.84. The topological polar surface area (TPSA) is 12.9 Å². The Bertz CT molecular complexity index is 278. The molecule has 1 aliphatic rings. The molecule has 0 spiro atoms. The number of aryl methyl sites for hydroxylation is 2. The van der Waals surface area contributed by atoms with Crippen LogP contribution < -0.4 is 0 Å². The van der Waals surface area contributed by atoms with Crippen LogP contribution in [0.1, 0.15) is 36.1 Å². The summed E-state index contributed by atoms with van der Waals surface area (Å²) in [7, 11) is 0. The zero-order valence-corrected chi connectivity index (χ0v) is 7.09. The highest BCUT2D eigenvalue weighted by Crippen LogP contribution is 2.31. The first-order chi connectivity index (χ1) is 5.27. The minimum absolute atomic E-state index is 0.734. The Labute approximate surface area is 67.5 Å². The summed E-state index contributed by atoms with van der Waals surface area (Å²) < 4.78 is 0. The molecule has 1 aliphatic carbocycles. The van der Waals surface area contributed by atoms with Gasteiger partial charge in [-0.05, 0) is 42.9 Å². The van der Waals surface area contributed by atoms with E-state index in [0.29, 0.717) is 0 Å². The normalized spacial score (nSPS) is 21.8. The first-order valence-electron chi connectivity index (χ1n) is 4.23. The van der Waals surface area contributed by atoms with Gasteiger partial charge in [0.2, 0.25) is 0 Å². The summed E-state index contributed by atoms with van der Waals surface area (Å²) in [6.07, 6.45) is 4.60. The maximum atomic E-state index is 4.30. The van der Waals surface area contributed by atoms with E-state index >= 15 is 0 Å². The summed E-state index contributed by atoms with van der Waals surface area (Å²) in [5.74, 6) is 0.734. The van der Waals surface area contributed by atoms with E-state index in [4.69, 9.17) is 0 Å². The van der Waals surface area contributed by atoms with Crippen LogP contribution in [-0.2, 0) is 6.42 Å². The standard InChI is InChI=1S/C10H13N/c1-7-3-4-9-5-8(2)11-6-10(7)9/h5-7H,3-4H2,1-2H3/t7-/m0/s1. The van der Waals surface area contributed by atoms with E-state index in [0.717, 1.165) is 11.6 Å². The van der Waals surface area contributed by atoms with E-state index in [1.165, 1.54) is 24.0 Å². The van der Waals surface area contributed by atoms with Gasteiger partial charge in [-0.25, -0.2) is 0 Å². The van der Waals surface area contributed by atoms with E-state index in [9.17, 15) is 0 Å². The number of fused-ring (bicyclic) bond motifs is 1. The highest BCUT2D eigenvalue weighted by molar-refractivity contribution is 5.33. The van der Waals surface area contributed by atoms with Crippen molar-refractivity contribution in [3.05, 3.63) is 29.1 Å². The SMILES string of the molecule is Cc1cc2c(cn1)[C@@H](C)CC2. The molecule has 2 rings (SSSR count). The van der Waals surface area contributed by atoms with Gasteiger partial charge in [-0.1, -0.05) is 6.92 Å². The lowest BCUT2D eigenvalue weighted by atomic mass is 10.1. The van der Waals surface area contributed by atoms with E-state index in [1.807, 2.05) is 6.20 Å². The zero-order valence-electron chi connectivity index (χ0n) is 7.09. The van der Waals surface area contributed by atoms with Crippen molar-refractivity contribution < 1.29 is 0 Å². The molecule has 58 valence electrons. The Morgan fingerprint density at radius 2 is 2.36 bits per heavy atom. The fourth-order valence-electron chi connectivity index (χ4n) is 1.81. The molecule has 1 aromatic rings. The van der Waals surface area contributed by atoms with Gasteiger partial charge in [-0.3, -0.25) is 4.98 Å². The summed E-state index contributed by atoms with van der Waals surface area (Å²) in [5, 5.41) is 0. The van der Waals surface area contributed by atoms with Crippen LogP contribution in [0.4, 0.5) is 0 Å². The minimum Gasteiger partial charge on any atom is -0.261 e. The third-order valence-electron chi connectivity index (χ3n) is 2.54. The molecule has 0 saturated heterocycles. The lowest BCUT2D eigenvalue weighted by Gasteiger charge is -2.02. The van der Waals surface area contributed by atoms with Gasteiger partial charge in [0.05, 0.1) is 0 Å². The van der Waals surface area contributed by atoms with Crippen molar-refractivity contribution in [3.8, 4) is 0 Å².